The van der Waals surface area contributed by atoms with Crippen LogP contribution in [0.5, 0.6) is 0 Å². The van der Waals surface area contributed by atoms with Crippen molar-refractivity contribution in [1.82, 2.24) is 5.43 Å². The predicted octanol–water partition coefficient (Wildman–Crippen LogP) is 3.89. The van der Waals surface area contributed by atoms with Gasteiger partial charge in [-0.25, -0.2) is 14.6 Å². The maximum absolute atomic E-state index is 14.4. The van der Waals surface area contributed by atoms with Crippen LogP contribution in [-0.4, -0.2) is 25.3 Å². The minimum Gasteiger partial charge on any atom is -0.369 e. The number of carbonyl (C=O) groups excluding carboxylic acids is 1. The minimum atomic E-state index is -0.450. The van der Waals surface area contributed by atoms with Gasteiger partial charge in [-0.1, -0.05) is 18.2 Å². The number of hydrogen-bond donors (Lipinski definition) is 2. The number of hydrogen-bond acceptors (Lipinski definition) is 3. The molecule has 1 aliphatic rings. The van der Waals surface area contributed by atoms with Gasteiger partial charge >= 0.3 is 6.03 Å². The molecular weight excluding hydrogens is 319 g/mol. The summed E-state index contributed by atoms with van der Waals surface area (Å²) in [6.07, 6.45) is 3.65. The van der Waals surface area contributed by atoms with Crippen LogP contribution in [0.25, 0.3) is 0 Å². The Morgan fingerprint density at radius 2 is 1.92 bits per heavy atom. The number of benzene rings is 2. The smallest absolute Gasteiger partial charge is 0.339 e. The second-order valence-corrected chi connectivity index (χ2v) is 6.04. The van der Waals surface area contributed by atoms with Crippen molar-refractivity contribution in [3.8, 4) is 0 Å². The fourth-order valence-electron chi connectivity index (χ4n) is 2.86. The summed E-state index contributed by atoms with van der Waals surface area (Å²) < 4.78 is 14.4. The van der Waals surface area contributed by atoms with Crippen LogP contribution in [0.1, 0.15) is 24.0 Å². The lowest BCUT2D eigenvalue weighted by Crippen LogP contribution is -2.24. The number of rotatable bonds is 4. The van der Waals surface area contributed by atoms with Gasteiger partial charge in [0, 0.05) is 24.3 Å². The van der Waals surface area contributed by atoms with Gasteiger partial charge in [0.05, 0.1) is 11.9 Å². The third kappa shape index (κ3) is 4.35. The molecule has 0 radical (unpaired) electrons. The molecule has 6 heteroatoms. The molecule has 1 saturated heterocycles. The van der Waals surface area contributed by atoms with Gasteiger partial charge in [-0.2, -0.15) is 5.10 Å². The van der Waals surface area contributed by atoms with E-state index in [2.05, 4.69) is 20.7 Å². The average molecular weight is 340 g/mol. The number of para-hydroxylation sites is 1. The summed E-state index contributed by atoms with van der Waals surface area (Å²) in [5.41, 5.74) is 5.25. The van der Waals surface area contributed by atoms with E-state index < -0.39 is 6.03 Å². The van der Waals surface area contributed by atoms with Crippen LogP contribution < -0.4 is 15.6 Å². The maximum Gasteiger partial charge on any atom is 0.339 e. The number of nitrogens with one attached hydrogen (secondary N) is 2. The third-order valence-corrected chi connectivity index (χ3v) is 4.18. The number of urea groups is 1. The first kappa shape index (κ1) is 17.0. The summed E-state index contributed by atoms with van der Waals surface area (Å²) in [5, 5.41) is 6.56. The van der Waals surface area contributed by atoms with E-state index in [9.17, 15) is 9.18 Å². The molecule has 0 spiro atoms. The molecule has 0 atom stereocenters. The van der Waals surface area contributed by atoms with Crippen molar-refractivity contribution in [2.75, 3.05) is 23.3 Å². The van der Waals surface area contributed by atoms with Crippen LogP contribution >= 0.6 is 0 Å². The molecule has 0 saturated carbocycles. The van der Waals surface area contributed by atoms with E-state index in [4.69, 9.17) is 0 Å². The molecule has 5 nitrogen and oxygen atoms in total. The Hall–Kier alpha value is -2.89. The molecule has 1 fully saturated rings. The van der Waals surface area contributed by atoms with E-state index in [0.717, 1.165) is 31.5 Å². The lowest BCUT2D eigenvalue weighted by Gasteiger charge is -2.19. The van der Waals surface area contributed by atoms with Gasteiger partial charge in [0.1, 0.15) is 5.82 Å². The van der Waals surface area contributed by atoms with Crippen molar-refractivity contribution in [2.24, 2.45) is 5.10 Å². The van der Waals surface area contributed by atoms with Crippen molar-refractivity contribution in [2.45, 2.75) is 19.8 Å². The lowest BCUT2D eigenvalue weighted by atomic mass is 10.1. The van der Waals surface area contributed by atoms with Crippen molar-refractivity contribution in [3.63, 3.8) is 0 Å². The highest BCUT2D eigenvalue weighted by Gasteiger charge is 2.17. The highest BCUT2D eigenvalue weighted by atomic mass is 19.1. The van der Waals surface area contributed by atoms with Crippen LogP contribution in [0.4, 0.5) is 20.6 Å². The van der Waals surface area contributed by atoms with E-state index >= 15 is 0 Å². The molecule has 0 unspecified atom stereocenters. The zero-order valence-corrected chi connectivity index (χ0v) is 14.1. The van der Waals surface area contributed by atoms with Gasteiger partial charge in [-0.05, 0) is 49.6 Å². The van der Waals surface area contributed by atoms with Crippen LogP contribution in [-0.2, 0) is 0 Å². The van der Waals surface area contributed by atoms with Gasteiger partial charge in [-0.15, -0.1) is 0 Å². The van der Waals surface area contributed by atoms with E-state index in [1.54, 1.807) is 12.1 Å². The average Bonchev–Trinajstić information content (AvgIpc) is 3.13. The van der Waals surface area contributed by atoms with Crippen LogP contribution in [0.3, 0.4) is 0 Å². The minimum absolute atomic E-state index is 0.261. The molecule has 1 aliphatic heterocycles. The SMILES string of the molecule is Cc1cc(N2CCCC2)c(F)cc1C=NNC(=O)Nc1ccccc1. The van der Waals surface area contributed by atoms with Gasteiger partial charge in [0.25, 0.3) is 0 Å². The van der Waals surface area contributed by atoms with Crippen molar-refractivity contribution >= 4 is 23.6 Å². The second kappa shape index (κ2) is 7.79. The van der Waals surface area contributed by atoms with Crippen molar-refractivity contribution in [1.29, 1.82) is 0 Å². The molecule has 1 heterocycles. The van der Waals surface area contributed by atoms with E-state index in [-0.39, 0.29) is 5.82 Å². The third-order valence-electron chi connectivity index (χ3n) is 4.18. The largest absolute Gasteiger partial charge is 0.369 e. The molecule has 2 N–H and O–H groups in total. The Balaban J connectivity index is 1.63. The Kier molecular flexibility index (Phi) is 5.28. The standard InChI is InChI=1S/C19H21FN4O/c1-14-11-18(24-9-5-6-10-24)17(20)12-15(14)13-21-23-19(25)22-16-7-3-2-4-8-16/h2-4,7-8,11-13H,5-6,9-10H2,1H3,(H2,22,23,25). The highest BCUT2D eigenvalue weighted by Crippen LogP contribution is 2.26. The molecule has 0 bridgehead atoms. The topological polar surface area (TPSA) is 56.7 Å². The molecule has 2 aromatic rings. The summed E-state index contributed by atoms with van der Waals surface area (Å²) in [7, 11) is 0. The highest BCUT2D eigenvalue weighted by molar-refractivity contribution is 5.90. The molecule has 3 rings (SSSR count). The Labute approximate surface area is 146 Å². The Morgan fingerprint density at radius 3 is 2.64 bits per heavy atom. The van der Waals surface area contributed by atoms with E-state index in [1.807, 2.05) is 31.2 Å². The summed E-state index contributed by atoms with van der Waals surface area (Å²) in [6, 6.07) is 11.9. The number of halogens is 1. The molecule has 2 amide bonds. The fraction of sp³-hybridized carbons (Fsp3) is 0.263. The quantitative estimate of drug-likeness (QED) is 0.655. The first-order valence-electron chi connectivity index (χ1n) is 8.34. The second-order valence-electron chi connectivity index (χ2n) is 6.04. The first-order valence-corrected chi connectivity index (χ1v) is 8.34. The van der Waals surface area contributed by atoms with Gasteiger partial charge in [-0.3, -0.25) is 0 Å². The van der Waals surface area contributed by atoms with E-state index in [0.29, 0.717) is 16.9 Å². The number of hydrazone groups is 1. The number of amides is 2. The predicted molar refractivity (Wildman–Crippen MR) is 98.8 cm³/mol. The Bertz CT molecular complexity index is 770. The van der Waals surface area contributed by atoms with Crippen LogP contribution in [0.2, 0.25) is 0 Å². The van der Waals surface area contributed by atoms with Gasteiger partial charge < -0.3 is 10.2 Å². The normalized spacial score (nSPS) is 14.1. The van der Waals surface area contributed by atoms with Crippen LogP contribution in [0.15, 0.2) is 47.6 Å². The van der Waals surface area contributed by atoms with Gasteiger partial charge in [0.15, 0.2) is 0 Å². The molecular formula is C19H21FN4O. The maximum atomic E-state index is 14.4. The van der Waals surface area contributed by atoms with Crippen molar-refractivity contribution < 1.29 is 9.18 Å². The number of anilines is 2. The van der Waals surface area contributed by atoms with E-state index in [1.165, 1.54) is 12.3 Å². The number of nitrogens with zero attached hydrogens (tertiary/aromatic N) is 2. The summed E-state index contributed by atoms with van der Waals surface area (Å²) in [5.74, 6) is -0.261. The number of carbonyl (C=O) groups is 1. The monoisotopic (exact) mass is 340 g/mol. The summed E-state index contributed by atoms with van der Waals surface area (Å²) in [6.45, 7) is 3.69. The Morgan fingerprint density at radius 1 is 1.20 bits per heavy atom. The summed E-state index contributed by atoms with van der Waals surface area (Å²) in [4.78, 5) is 13.8. The van der Waals surface area contributed by atoms with Crippen molar-refractivity contribution in [3.05, 3.63) is 59.4 Å². The molecule has 0 aliphatic carbocycles. The van der Waals surface area contributed by atoms with Gasteiger partial charge in [0.2, 0.25) is 0 Å². The molecule has 130 valence electrons. The zero-order chi connectivity index (χ0) is 17.6. The molecule has 2 aromatic carbocycles. The summed E-state index contributed by atoms with van der Waals surface area (Å²) >= 11 is 0. The fourth-order valence-corrected chi connectivity index (χ4v) is 2.86. The van der Waals surface area contributed by atoms with Crippen LogP contribution in [0, 0.1) is 12.7 Å². The number of aryl methyl sites for hydroxylation is 1. The first-order chi connectivity index (χ1) is 12.1. The lowest BCUT2D eigenvalue weighted by molar-refractivity contribution is 0.252. The molecule has 25 heavy (non-hydrogen) atoms. The molecule has 0 aromatic heterocycles. The zero-order valence-electron chi connectivity index (χ0n) is 14.1.